The summed E-state index contributed by atoms with van der Waals surface area (Å²) in [6.45, 7) is 6.07. The van der Waals surface area contributed by atoms with Gasteiger partial charge in [0.05, 0.1) is 20.3 Å². The Labute approximate surface area is 97.6 Å². The van der Waals surface area contributed by atoms with Crippen LogP contribution in [0.3, 0.4) is 0 Å². The number of nitrogens with two attached hydrogens (primary N) is 1. The third kappa shape index (κ3) is 3.51. The van der Waals surface area contributed by atoms with Crippen LogP contribution >= 0.6 is 0 Å². The Morgan fingerprint density at radius 2 is 1.75 bits per heavy atom. The highest BCUT2D eigenvalue weighted by atomic mass is 16.5. The van der Waals surface area contributed by atoms with E-state index in [1.807, 2.05) is 0 Å². The van der Waals surface area contributed by atoms with Gasteiger partial charge in [-0.05, 0) is 37.0 Å². The molecule has 0 fully saturated rings. The Balaban J connectivity index is 2.61. The van der Waals surface area contributed by atoms with Crippen LogP contribution in [0.15, 0.2) is 12.1 Å². The van der Waals surface area contributed by atoms with Crippen LogP contribution in [0, 0.1) is 13.8 Å². The Bertz CT molecular complexity index is 314. The first-order valence-corrected chi connectivity index (χ1v) is 5.61. The molecule has 0 aliphatic carbocycles. The van der Waals surface area contributed by atoms with Gasteiger partial charge < -0.3 is 15.2 Å². The maximum absolute atomic E-state index is 5.37. The fourth-order valence-corrected chi connectivity index (χ4v) is 1.88. The van der Waals surface area contributed by atoms with Crippen LogP contribution in [0.25, 0.3) is 0 Å². The molecule has 0 aliphatic heterocycles. The van der Waals surface area contributed by atoms with Gasteiger partial charge >= 0.3 is 0 Å². The molecular weight excluding hydrogens is 202 g/mol. The molecular formula is C13H21NO2. The van der Waals surface area contributed by atoms with E-state index in [1.165, 1.54) is 16.7 Å². The largest absolute Gasteiger partial charge is 0.496 e. The lowest BCUT2D eigenvalue weighted by molar-refractivity contribution is 0.144. The summed E-state index contributed by atoms with van der Waals surface area (Å²) >= 11 is 0. The normalized spacial score (nSPS) is 10.5. The smallest absolute Gasteiger partial charge is 0.124 e. The first-order valence-electron chi connectivity index (χ1n) is 5.61. The van der Waals surface area contributed by atoms with E-state index < -0.39 is 0 Å². The molecule has 90 valence electrons. The highest BCUT2D eigenvalue weighted by molar-refractivity contribution is 5.43. The molecule has 0 aromatic heterocycles. The zero-order chi connectivity index (χ0) is 12.0. The average Bonchev–Trinajstić information content (AvgIpc) is 2.24. The molecule has 1 aromatic rings. The number of hydrogen-bond acceptors (Lipinski definition) is 3. The summed E-state index contributed by atoms with van der Waals surface area (Å²) in [5.41, 5.74) is 8.99. The maximum atomic E-state index is 5.37. The molecule has 0 bridgehead atoms. The molecule has 0 radical (unpaired) electrons. The molecule has 2 N–H and O–H groups in total. The maximum Gasteiger partial charge on any atom is 0.124 e. The summed E-state index contributed by atoms with van der Waals surface area (Å²) < 4.78 is 10.7. The van der Waals surface area contributed by atoms with Gasteiger partial charge in [0.2, 0.25) is 0 Å². The summed E-state index contributed by atoms with van der Waals surface area (Å²) in [6, 6.07) is 4.30. The minimum absolute atomic E-state index is 0.584. The summed E-state index contributed by atoms with van der Waals surface area (Å²) in [5.74, 6) is 0.978. The van der Waals surface area contributed by atoms with Crippen LogP contribution in [-0.4, -0.2) is 26.9 Å². The molecule has 3 nitrogen and oxygen atoms in total. The van der Waals surface area contributed by atoms with Gasteiger partial charge in [0.25, 0.3) is 0 Å². The molecule has 0 saturated carbocycles. The van der Waals surface area contributed by atoms with Crippen molar-refractivity contribution < 1.29 is 9.47 Å². The van der Waals surface area contributed by atoms with E-state index in [2.05, 4.69) is 26.0 Å². The predicted octanol–water partition coefficient (Wildman–Crippen LogP) is 1.83. The predicted molar refractivity (Wildman–Crippen MR) is 66.0 cm³/mol. The van der Waals surface area contributed by atoms with Crippen LogP contribution in [0.1, 0.15) is 16.7 Å². The molecule has 0 unspecified atom stereocenters. The quantitative estimate of drug-likeness (QED) is 0.748. The fraction of sp³-hybridized carbons (Fsp3) is 0.538. The summed E-state index contributed by atoms with van der Waals surface area (Å²) in [5, 5.41) is 0. The average molecular weight is 223 g/mol. The monoisotopic (exact) mass is 223 g/mol. The third-order valence-electron chi connectivity index (χ3n) is 2.52. The van der Waals surface area contributed by atoms with E-state index in [9.17, 15) is 0 Å². The van der Waals surface area contributed by atoms with Crippen molar-refractivity contribution in [2.45, 2.75) is 20.3 Å². The third-order valence-corrected chi connectivity index (χ3v) is 2.52. The Hall–Kier alpha value is -1.06. The summed E-state index contributed by atoms with van der Waals surface area (Å²) in [7, 11) is 1.71. The van der Waals surface area contributed by atoms with Gasteiger partial charge in [0.15, 0.2) is 0 Å². The number of hydrogen-bond donors (Lipinski definition) is 1. The minimum Gasteiger partial charge on any atom is -0.496 e. The molecule has 3 heteroatoms. The van der Waals surface area contributed by atoms with E-state index in [4.69, 9.17) is 15.2 Å². The van der Waals surface area contributed by atoms with Gasteiger partial charge in [-0.1, -0.05) is 12.1 Å². The van der Waals surface area contributed by atoms with Crippen LogP contribution in [0.5, 0.6) is 5.75 Å². The lowest BCUT2D eigenvalue weighted by Gasteiger charge is -2.11. The van der Waals surface area contributed by atoms with Gasteiger partial charge in [0, 0.05) is 6.54 Å². The van der Waals surface area contributed by atoms with Gasteiger partial charge in [-0.15, -0.1) is 0 Å². The van der Waals surface area contributed by atoms with Crippen molar-refractivity contribution in [1.82, 2.24) is 0 Å². The lowest BCUT2D eigenvalue weighted by atomic mass is 10.0. The van der Waals surface area contributed by atoms with Gasteiger partial charge in [0.1, 0.15) is 5.75 Å². The second-order valence-electron chi connectivity index (χ2n) is 3.91. The number of rotatable bonds is 6. The molecule has 0 aliphatic rings. The molecule has 0 spiro atoms. The van der Waals surface area contributed by atoms with Crippen molar-refractivity contribution in [3.05, 3.63) is 28.8 Å². The van der Waals surface area contributed by atoms with Gasteiger partial charge in [-0.25, -0.2) is 0 Å². The van der Waals surface area contributed by atoms with Crippen molar-refractivity contribution in [3.8, 4) is 5.75 Å². The number of benzene rings is 1. The lowest BCUT2D eigenvalue weighted by Crippen LogP contribution is -2.10. The highest BCUT2D eigenvalue weighted by Crippen LogP contribution is 2.24. The molecule has 16 heavy (non-hydrogen) atoms. The zero-order valence-electron chi connectivity index (χ0n) is 10.4. The molecule has 0 heterocycles. The summed E-state index contributed by atoms with van der Waals surface area (Å²) in [4.78, 5) is 0. The molecule has 1 rings (SSSR count). The van der Waals surface area contributed by atoms with Crippen LogP contribution in [0.2, 0.25) is 0 Å². The molecule has 0 amide bonds. The molecule has 0 saturated heterocycles. The first kappa shape index (κ1) is 13.0. The van der Waals surface area contributed by atoms with Crippen LogP contribution in [0.4, 0.5) is 0 Å². The first-order chi connectivity index (χ1) is 7.69. The van der Waals surface area contributed by atoms with E-state index in [0.29, 0.717) is 13.2 Å². The summed E-state index contributed by atoms with van der Waals surface area (Å²) in [6.07, 6.45) is 0.922. The second-order valence-corrected chi connectivity index (χ2v) is 3.91. The van der Waals surface area contributed by atoms with Crippen molar-refractivity contribution in [2.24, 2.45) is 5.73 Å². The molecule has 0 atom stereocenters. The number of methoxy groups -OCH3 is 1. The SMILES string of the molecule is COc1c(C)cc(CCOCCN)cc1C. The Kier molecular flexibility index (Phi) is 5.29. The van der Waals surface area contributed by atoms with Gasteiger partial charge in [-0.3, -0.25) is 0 Å². The van der Waals surface area contributed by atoms with Crippen molar-refractivity contribution in [1.29, 1.82) is 0 Å². The zero-order valence-corrected chi connectivity index (χ0v) is 10.4. The van der Waals surface area contributed by atoms with Crippen LogP contribution in [-0.2, 0) is 11.2 Å². The second kappa shape index (κ2) is 6.51. The Morgan fingerprint density at radius 3 is 2.25 bits per heavy atom. The topological polar surface area (TPSA) is 44.5 Å². The van der Waals surface area contributed by atoms with Crippen molar-refractivity contribution in [2.75, 3.05) is 26.9 Å². The van der Waals surface area contributed by atoms with E-state index in [0.717, 1.165) is 18.8 Å². The fourth-order valence-electron chi connectivity index (χ4n) is 1.88. The van der Waals surface area contributed by atoms with E-state index in [1.54, 1.807) is 7.11 Å². The van der Waals surface area contributed by atoms with E-state index >= 15 is 0 Å². The minimum atomic E-state index is 0.584. The number of ether oxygens (including phenoxy) is 2. The molecule has 1 aromatic carbocycles. The van der Waals surface area contributed by atoms with Crippen molar-refractivity contribution >= 4 is 0 Å². The van der Waals surface area contributed by atoms with E-state index in [-0.39, 0.29) is 0 Å². The Morgan fingerprint density at radius 1 is 1.12 bits per heavy atom. The standard InChI is InChI=1S/C13H21NO2/c1-10-8-12(4-6-16-7-5-14)9-11(2)13(10)15-3/h8-9H,4-7,14H2,1-3H3. The highest BCUT2D eigenvalue weighted by Gasteiger charge is 2.04. The number of aryl methyl sites for hydroxylation is 2. The van der Waals surface area contributed by atoms with Gasteiger partial charge in [-0.2, -0.15) is 0 Å². The van der Waals surface area contributed by atoms with Crippen molar-refractivity contribution in [3.63, 3.8) is 0 Å². The van der Waals surface area contributed by atoms with Crippen LogP contribution < -0.4 is 10.5 Å².